The second-order valence-electron chi connectivity index (χ2n) is 11.0. The maximum atomic E-state index is 13.8. The van der Waals surface area contributed by atoms with Crippen LogP contribution in [0.25, 0.3) is 0 Å². The minimum Gasteiger partial charge on any atom is -0.489 e. The van der Waals surface area contributed by atoms with Crippen molar-refractivity contribution in [3.63, 3.8) is 0 Å². The molecule has 39 heavy (non-hydrogen) atoms. The Morgan fingerprint density at radius 2 is 1.72 bits per heavy atom. The van der Waals surface area contributed by atoms with Crippen molar-refractivity contribution in [3.05, 3.63) is 65.7 Å². The maximum absolute atomic E-state index is 13.8. The van der Waals surface area contributed by atoms with Crippen molar-refractivity contribution in [1.82, 2.24) is 4.90 Å². The Kier molecular flexibility index (Phi) is 11.5. The number of aliphatic hydroxyl groups excluding tert-OH is 1. The van der Waals surface area contributed by atoms with Crippen molar-refractivity contribution in [2.45, 2.75) is 70.2 Å². The number of unbranched alkanes of at least 4 members (excludes halogenated alkanes) is 1. The Morgan fingerprint density at radius 1 is 1.00 bits per heavy atom. The molecule has 0 unspecified atom stereocenters. The highest BCUT2D eigenvalue weighted by molar-refractivity contribution is 5.81. The van der Waals surface area contributed by atoms with Gasteiger partial charge < -0.3 is 14.6 Å². The highest BCUT2D eigenvalue weighted by Gasteiger charge is 2.30. The van der Waals surface area contributed by atoms with Gasteiger partial charge in [-0.3, -0.25) is 14.5 Å². The molecule has 0 saturated carbocycles. The number of alkyl halides is 1. The summed E-state index contributed by atoms with van der Waals surface area (Å²) in [7, 11) is 0. The highest BCUT2D eigenvalue weighted by Crippen LogP contribution is 2.30. The van der Waals surface area contributed by atoms with Crippen molar-refractivity contribution < 1.29 is 28.6 Å². The summed E-state index contributed by atoms with van der Waals surface area (Å²) in [4.78, 5) is 27.3. The standard InChI is InChI=1S/C32H42FNO5/c33-28-14-17-34(22-28)21-27(20-29(35)8-4-5-9-31(36)25-15-18-38-19-16-25)32(37)26-10-12-30(13-11-26)39-23-24-6-2-1-3-7-24/h1-3,6-7,10-13,25,27-28,32,37H,4-5,8-9,14-23H2/t27-,28-,32-/m1/s1. The van der Waals surface area contributed by atoms with E-state index in [9.17, 15) is 19.1 Å². The highest BCUT2D eigenvalue weighted by atomic mass is 19.1. The van der Waals surface area contributed by atoms with Crippen LogP contribution in [0.1, 0.15) is 68.6 Å². The molecule has 7 heteroatoms. The van der Waals surface area contributed by atoms with E-state index in [4.69, 9.17) is 9.47 Å². The van der Waals surface area contributed by atoms with Gasteiger partial charge in [-0.2, -0.15) is 0 Å². The van der Waals surface area contributed by atoms with Gasteiger partial charge in [0, 0.05) is 63.9 Å². The molecule has 0 aliphatic carbocycles. The molecule has 2 aliphatic rings. The molecule has 2 aromatic carbocycles. The average molecular weight is 540 g/mol. The van der Waals surface area contributed by atoms with E-state index in [0.29, 0.717) is 77.3 Å². The lowest BCUT2D eigenvalue weighted by molar-refractivity contribution is -0.126. The van der Waals surface area contributed by atoms with Gasteiger partial charge in [-0.15, -0.1) is 0 Å². The van der Waals surface area contributed by atoms with Crippen molar-refractivity contribution in [1.29, 1.82) is 0 Å². The Morgan fingerprint density at radius 3 is 2.41 bits per heavy atom. The number of benzene rings is 2. The van der Waals surface area contributed by atoms with E-state index in [2.05, 4.69) is 0 Å². The molecule has 3 atom stereocenters. The number of aliphatic hydroxyl groups is 1. The van der Waals surface area contributed by atoms with Gasteiger partial charge in [0.05, 0.1) is 6.10 Å². The number of ether oxygens (including phenoxy) is 2. The summed E-state index contributed by atoms with van der Waals surface area (Å²) >= 11 is 0. The van der Waals surface area contributed by atoms with Crippen LogP contribution in [0.5, 0.6) is 5.75 Å². The fraction of sp³-hybridized carbons (Fsp3) is 0.562. The summed E-state index contributed by atoms with van der Waals surface area (Å²) < 4.78 is 25.0. The maximum Gasteiger partial charge on any atom is 0.136 e. The first-order valence-corrected chi connectivity index (χ1v) is 14.4. The first-order valence-electron chi connectivity index (χ1n) is 14.4. The predicted octanol–water partition coefficient (Wildman–Crippen LogP) is 5.47. The van der Waals surface area contributed by atoms with Crippen LogP contribution in [-0.2, 0) is 20.9 Å². The van der Waals surface area contributed by atoms with Crippen LogP contribution < -0.4 is 4.74 Å². The molecule has 0 bridgehead atoms. The molecule has 2 saturated heterocycles. The molecule has 0 aromatic heterocycles. The van der Waals surface area contributed by atoms with E-state index in [-0.39, 0.29) is 29.8 Å². The molecule has 1 N–H and O–H groups in total. The summed E-state index contributed by atoms with van der Waals surface area (Å²) in [5.41, 5.74) is 1.79. The Balaban J connectivity index is 1.28. The van der Waals surface area contributed by atoms with Crippen molar-refractivity contribution >= 4 is 11.6 Å². The number of Topliss-reactive ketones (excluding diaryl/α,β-unsaturated/α-hetero) is 2. The number of halogens is 1. The fourth-order valence-corrected chi connectivity index (χ4v) is 5.57. The zero-order chi connectivity index (χ0) is 27.5. The Hall–Kier alpha value is -2.61. The molecule has 2 fully saturated rings. The normalized spacial score (nSPS) is 20.0. The Bertz CT molecular complexity index is 1020. The monoisotopic (exact) mass is 539 g/mol. The molecule has 0 spiro atoms. The zero-order valence-corrected chi connectivity index (χ0v) is 22.8. The lowest BCUT2D eigenvalue weighted by atomic mass is 9.89. The molecule has 0 amide bonds. The lowest BCUT2D eigenvalue weighted by Crippen LogP contribution is -2.32. The van der Waals surface area contributed by atoms with Crippen molar-refractivity contribution in [2.24, 2.45) is 11.8 Å². The van der Waals surface area contributed by atoms with E-state index >= 15 is 0 Å². The zero-order valence-electron chi connectivity index (χ0n) is 22.8. The summed E-state index contributed by atoms with van der Waals surface area (Å²) in [6.45, 7) is 3.23. The molecule has 212 valence electrons. The van der Waals surface area contributed by atoms with Crippen LogP contribution in [0.2, 0.25) is 0 Å². The number of carbonyl (C=O) groups is 2. The van der Waals surface area contributed by atoms with Gasteiger partial charge in [0.1, 0.15) is 30.1 Å². The third-order valence-electron chi connectivity index (χ3n) is 7.92. The van der Waals surface area contributed by atoms with Crippen LogP contribution in [0.4, 0.5) is 4.39 Å². The van der Waals surface area contributed by atoms with Gasteiger partial charge in [0.15, 0.2) is 0 Å². The molecule has 4 rings (SSSR count). The summed E-state index contributed by atoms with van der Waals surface area (Å²) in [6, 6.07) is 17.3. The van der Waals surface area contributed by atoms with Gasteiger partial charge in [-0.25, -0.2) is 4.39 Å². The van der Waals surface area contributed by atoms with Crippen LogP contribution in [0.15, 0.2) is 54.6 Å². The first kappa shape index (κ1) is 29.4. The fourth-order valence-electron chi connectivity index (χ4n) is 5.57. The minimum absolute atomic E-state index is 0.0800. The third-order valence-corrected chi connectivity index (χ3v) is 7.92. The number of hydrogen-bond acceptors (Lipinski definition) is 6. The van der Waals surface area contributed by atoms with Gasteiger partial charge in [0.25, 0.3) is 0 Å². The molecule has 0 radical (unpaired) electrons. The van der Waals surface area contributed by atoms with Crippen LogP contribution in [0, 0.1) is 11.8 Å². The van der Waals surface area contributed by atoms with Crippen LogP contribution >= 0.6 is 0 Å². The molecule has 2 aromatic rings. The number of ketones is 2. The number of likely N-dealkylation sites (tertiary alicyclic amines) is 1. The number of carbonyl (C=O) groups excluding carboxylic acids is 2. The Labute approximate surface area is 231 Å². The molecule has 2 heterocycles. The van der Waals surface area contributed by atoms with Gasteiger partial charge in [-0.05, 0) is 55.4 Å². The van der Waals surface area contributed by atoms with Gasteiger partial charge >= 0.3 is 0 Å². The second kappa shape index (κ2) is 15.2. The number of hydrogen-bond donors (Lipinski definition) is 1. The summed E-state index contributed by atoms with van der Waals surface area (Å²) in [5, 5.41) is 11.3. The average Bonchev–Trinajstić information content (AvgIpc) is 3.39. The molecule has 2 aliphatic heterocycles. The van der Waals surface area contributed by atoms with Crippen molar-refractivity contribution in [3.8, 4) is 5.75 Å². The third kappa shape index (κ3) is 9.52. The van der Waals surface area contributed by atoms with E-state index in [1.165, 1.54) is 0 Å². The minimum atomic E-state index is -0.854. The molecular weight excluding hydrogens is 497 g/mol. The van der Waals surface area contributed by atoms with E-state index < -0.39 is 12.3 Å². The lowest BCUT2D eigenvalue weighted by Gasteiger charge is -2.27. The number of rotatable bonds is 15. The summed E-state index contributed by atoms with van der Waals surface area (Å²) in [6.07, 6.45) is 2.90. The van der Waals surface area contributed by atoms with Gasteiger partial charge in [0.2, 0.25) is 0 Å². The van der Waals surface area contributed by atoms with Crippen LogP contribution in [-0.4, -0.2) is 60.6 Å². The van der Waals surface area contributed by atoms with E-state index in [1.54, 1.807) is 0 Å². The molecule has 6 nitrogen and oxygen atoms in total. The molecular formula is C32H42FNO5. The van der Waals surface area contributed by atoms with E-state index in [0.717, 1.165) is 24.0 Å². The second-order valence-corrected chi connectivity index (χ2v) is 11.0. The topological polar surface area (TPSA) is 76.1 Å². The summed E-state index contributed by atoms with van der Waals surface area (Å²) in [5.74, 6) is 0.839. The first-order chi connectivity index (χ1) is 19.0. The largest absolute Gasteiger partial charge is 0.489 e. The predicted molar refractivity (Wildman–Crippen MR) is 148 cm³/mol. The van der Waals surface area contributed by atoms with Crippen LogP contribution in [0.3, 0.4) is 0 Å². The number of nitrogens with zero attached hydrogens (tertiary/aromatic N) is 1. The van der Waals surface area contributed by atoms with Gasteiger partial charge in [-0.1, -0.05) is 42.5 Å². The quantitative estimate of drug-likeness (QED) is 0.302. The van der Waals surface area contributed by atoms with Crippen molar-refractivity contribution in [2.75, 3.05) is 32.8 Å². The van der Waals surface area contributed by atoms with E-state index in [1.807, 2.05) is 59.5 Å². The SMILES string of the molecule is O=C(CCCCC(=O)C1CCOCC1)C[C@H](CN1CC[C@@H](F)C1)[C@H](O)c1ccc(OCc2ccccc2)cc1. The smallest absolute Gasteiger partial charge is 0.136 e.